The maximum Gasteiger partial charge on any atom is 0.335 e. The number of ether oxygens (including phenoxy) is 2. The summed E-state index contributed by atoms with van der Waals surface area (Å²) < 4.78 is 11.1. The van der Waals surface area contributed by atoms with Crippen LogP contribution in [0.3, 0.4) is 0 Å². The zero-order valence-electron chi connectivity index (χ0n) is 12.1. The van der Waals surface area contributed by atoms with Gasteiger partial charge in [-0.3, -0.25) is 0 Å². The molecule has 21 heavy (non-hydrogen) atoms. The van der Waals surface area contributed by atoms with Crippen LogP contribution in [0.2, 0.25) is 0 Å². The molecule has 2 aromatic carbocycles. The van der Waals surface area contributed by atoms with Gasteiger partial charge in [-0.2, -0.15) is 0 Å². The summed E-state index contributed by atoms with van der Waals surface area (Å²) in [7, 11) is 0. The monoisotopic (exact) mass is 286 g/mol. The highest BCUT2D eigenvalue weighted by atomic mass is 16.5. The minimum atomic E-state index is -0.966. The number of benzene rings is 2. The van der Waals surface area contributed by atoms with Gasteiger partial charge < -0.3 is 14.6 Å². The highest BCUT2D eigenvalue weighted by Gasteiger charge is 2.04. The number of aromatic carboxylic acids is 1. The van der Waals surface area contributed by atoms with E-state index >= 15 is 0 Å². The summed E-state index contributed by atoms with van der Waals surface area (Å²) in [6, 6.07) is 12.4. The topological polar surface area (TPSA) is 55.8 Å². The first kappa shape index (κ1) is 14.9. The van der Waals surface area contributed by atoms with Crippen molar-refractivity contribution in [3.63, 3.8) is 0 Å². The number of aryl methyl sites for hydroxylation is 2. The lowest BCUT2D eigenvalue weighted by atomic mass is 10.1. The average molecular weight is 286 g/mol. The molecule has 4 nitrogen and oxygen atoms in total. The number of carboxylic acids is 1. The minimum absolute atomic E-state index is 0.211. The van der Waals surface area contributed by atoms with E-state index in [1.54, 1.807) is 12.1 Å². The van der Waals surface area contributed by atoms with Crippen molar-refractivity contribution in [2.24, 2.45) is 0 Å². The van der Waals surface area contributed by atoms with Crippen LogP contribution in [0, 0.1) is 13.8 Å². The molecule has 1 N–H and O–H groups in total. The van der Waals surface area contributed by atoms with Crippen molar-refractivity contribution >= 4 is 5.97 Å². The summed E-state index contributed by atoms with van der Waals surface area (Å²) in [5, 5.41) is 8.90. The second-order valence-corrected chi connectivity index (χ2v) is 4.85. The van der Waals surface area contributed by atoms with Crippen LogP contribution in [-0.2, 0) is 0 Å². The van der Waals surface area contributed by atoms with Gasteiger partial charge in [0.25, 0.3) is 0 Å². The third kappa shape index (κ3) is 4.53. The molecule has 0 aliphatic rings. The summed E-state index contributed by atoms with van der Waals surface area (Å²) in [5.74, 6) is 0.376. The first-order valence-electron chi connectivity index (χ1n) is 6.72. The van der Waals surface area contributed by atoms with Crippen LogP contribution in [0.25, 0.3) is 0 Å². The second-order valence-electron chi connectivity index (χ2n) is 4.85. The lowest BCUT2D eigenvalue weighted by Crippen LogP contribution is -2.09. The van der Waals surface area contributed by atoms with Crippen LogP contribution in [-0.4, -0.2) is 24.3 Å². The molecule has 110 valence electrons. The van der Waals surface area contributed by atoms with Crippen molar-refractivity contribution in [2.45, 2.75) is 13.8 Å². The van der Waals surface area contributed by atoms with Gasteiger partial charge in [0.1, 0.15) is 24.7 Å². The van der Waals surface area contributed by atoms with Gasteiger partial charge in [0.2, 0.25) is 0 Å². The largest absolute Gasteiger partial charge is 0.490 e. The first-order valence-corrected chi connectivity index (χ1v) is 6.72. The summed E-state index contributed by atoms with van der Waals surface area (Å²) in [4.78, 5) is 10.9. The van der Waals surface area contributed by atoms with Crippen LogP contribution >= 0.6 is 0 Å². The smallest absolute Gasteiger partial charge is 0.335 e. The molecule has 0 bridgehead atoms. The quantitative estimate of drug-likeness (QED) is 0.826. The molecule has 0 heterocycles. The van der Waals surface area contributed by atoms with Gasteiger partial charge in [-0.1, -0.05) is 12.1 Å². The van der Waals surface area contributed by atoms with Gasteiger partial charge >= 0.3 is 5.97 Å². The minimum Gasteiger partial charge on any atom is -0.490 e. The number of hydrogen-bond acceptors (Lipinski definition) is 3. The molecule has 4 heteroatoms. The Labute approximate surface area is 123 Å². The summed E-state index contributed by atoms with van der Waals surface area (Å²) in [6.45, 7) is 4.80. The van der Waals surface area contributed by atoms with E-state index < -0.39 is 5.97 Å². The third-order valence-corrected chi connectivity index (χ3v) is 2.90. The standard InChI is InChI=1S/C17H18O4/c1-12-8-13(2)10-16(9-12)21-7-6-20-15-5-3-4-14(11-15)17(18)19/h3-5,8-11H,6-7H2,1-2H3,(H,18,19). The van der Waals surface area contributed by atoms with E-state index in [1.807, 2.05) is 26.0 Å². The summed E-state index contributed by atoms with van der Waals surface area (Å²) >= 11 is 0. The number of carboxylic acid groups (broad SMARTS) is 1. The molecule has 0 aliphatic heterocycles. The van der Waals surface area contributed by atoms with E-state index in [0.29, 0.717) is 19.0 Å². The summed E-state index contributed by atoms with van der Waals surface area (Å²) in [6.07, 6.45) is 0. The molecular weight excluding hydrogens is 268 g/mol. The Kier molecular flexibility index (Phi) is 4.82. The molecule has 2 aromatic rings. The fourth-order valence-corrected chi connectivity index (χ4v) is 2.05. The lowest BCUT2D eigenvalue weighted by molar-refractivity contribution is 0.0696. The van der Waals surface area contributed by atoms with Gasteiger partial charge in [-0.25, -0.2) is 4.79 Å². The van der Waals surface area contributed by atoms with E-state index in [2.05, 4.69) is 6.07 Å². The fourth-order valence-electron chi connectivity index (χ4n) is 2.05. The maximum atomic E-state index is 10.9. The van der Waals surface area contributed by atoms with Crippen LogP contribution in [0.4, 0.5) is 0 Å². The molecule has 0 radical (unpaired) electrons. The number of hydrogen-bond donors (Lipinski definition) is 1. The van der Waals surface area contributed by atoms with Crippen molar-refractivity contribution in [1.29, 1.82) is 0 Å². The van der Waals surface area contributed by atoms with E-state index in [1.165, 1.54) is 12.1 Å². The van der Waals surface area contributed by atoms with Crippen molar-refractivity contribution in [3.05, 3.63) is 59.2 Å². The van der Waals surface area contributed by atoms with E-state index in [4.69, 9.17) is 14.6 Å². The summed E-state index contributed by atoms with van der Waals surface area (Å²) in [5.41, 5.74) is 2.52. The Hall–Kier alpha value is -2.49. The molecule has 0 atom stereocenters. The van der Waals surface area contributed by atoms with E-state index in [9.17, 15) is 4.79 Å². The highest BCUT2D eigenvalue weighted by molar-refractivity contribution is 5.87. The molecule has 0 amide bonds. The Bertz CT molecular complexity index is 614. The van der Waals surface area contributed by atoms with E-state index in [0.717, 1.165) is 16.9 Å². The van der Waals surface area contributed by atoms with Crippen molar-refractivity contribution in [1.82, 2.24) is 0 Å². The fraction of sp³-hybridized carbons (Fsp3) is 0.235. The molecule has 0 fully saturated rings. The Morgan fingerprint density at radius 3 is 2.19 bits per heavy atom. The lowest BCUT2D eigenvalue weighted by Gasteiger charge is -2.10. The Morgan fingerprint density at radius 1 is 0.952 bits per heavy atom. The van der Waals surface area contributed by atoms with Crippen molar-refractivity contribution in [3.8, 4) is 11.5 Å². The second kappa shape index (κ2) is 6.79. The van der Waals surface area contributed by atoms with Crippen molar-refractivity contribution in [2.75, 3.05) is 13.2 Å². The van der Waals surface area contributed by atoms with Gasteiger partial charge in [-0.05, 0) is 55.3 Å². The molecular formula is C17H18O4. The Balaban J connectivity index is 1.84. The zero-order chi connectivity index (χ0) is 15.2. The molecule has 0 unspecified atom stereocenters. The van der Waals surface area contributed by atoms with Gasteiger partial charge in [0, 0.05) is 0 Å². The Morgan fingerprint density at radius 2 is 1.57 bits per heavy atom. The van der Waals surface area contributed by atoms with Crippen molar-refractivity contribution < 1.29 is 19.4 Å². The van der Waals surface area contributed by atoms with Crippen LogP contribution < -0.4 is 9.47 Å². The zero-order valence-corrected chi connectivity index (χ0v) is 12.1. The number of rotatable bonds is 6. The first-order chi connectivity index (χ1) is 10.0. The molecule has 0 saturated heterocycles. The highest BCUT2D eigenvalue weighted by Crippen LogP contribution is 2.16. The van der Waals surface area contributed by atoms with Crippen LogP contribution in [0.5, 0.6) is 11.5 Å². The molecule has 0 aromatic heterocycles. The average Bonchev–Trinajstić information content (AvgIpc) is 2.43. The molecule has 2 rings (SSSR count). The normalized spacial score (nSPS) is 10.2. The molecule has 0 spiro atoms. The van der Waals surface area contributed by atoms with Gasteiger partial charge in [-0.15, -0.1) is 0 Å². The van der Waals surface area contributed by atoms with Crippen LogP contribution in [0.15, 0.2) is 42.5 Å². The predicted molar refractivity (Wildman–Crippen MR) is 80.3 cm³/mol. The third-order valence-electron chi connectivity index (χ3n) is 2.90. The van der Waals surface area contributed by atoms with Gasteiger partial charge in [0.05, 0.1) is 5.56 Å². The maximum absolute atomic E-state index is 10.9. The van der Waals surface area contributed by atoms with Crippen LogP contribution in [0.1, 0.15) is 21.5 Å². The number of carbonyl (C=O) groups is 1. The molecule has 0 saturated carbocycles. The predicted octanol–water partition coefficient (Wildman–Crippen LogP) is 3.46. The van der Waals surface area contributed by atoms with Gasteiger partial charge in [0.15, 0.2) is 0 Å². The molecule has 0 aliphatic carbocycles. The SMILES string of the molecule is Cc1cc(C)cc(OCCOc2cccc(C(=O)O)c2)c1. The van der Waals surface area contributed by atoms with E-state index in [-0.39, 0.29) is 5.56 Å².